The van der Waals surface area contributed by atoms with E-state index in [1.807, 2.05) is 0 Å². The number of anilines is 3. The zero-order valence-electron chi connectivity index (χ0n) is 21.9. The molecule has 0 spiro atoms. The van der Waals surface area contributed by atoms with Crippen molar-refractivity contribution in [3.63, 3.8) is 0 Å². The van der Waals surface area contributed by atoms with E-state index in [0.717, 1.165) is 16.2 Å². The predicted octanol–water partition coefficient (Wildman–Crippen LogP) is -0.858. The highest BCUT2D eigenvalue weighted by atomic mass is 32.2. The molecule has 4 heterocycles. The molecule has 1 fully saturated rings. The van der Waals surface area contributed by atoms with Crippen LogP contribution in [0.3, 0.4) is 0 Å². The fourth-order valence-electron chi connectivity index (χ4n) is 3.81. The molecule has 41 heavy (non-hydrogen) atoms. The van der Waals surface area contributed by atoms with Crippen molar-refractivity contribution < 1.29 is 38.8 Å². The number of nitrogens with one attached hydrogen (secondary N) is 1. The van der Waals surface area contributed by atoms with Gasteiger partial charge in [0.25, 0.3) is 11.8 Å². The molecule has 4 rings (SSSR count). The second-order valence-corrected chi connectivity index (χ2v) is 11.8. The van der Waals surface area contributed by atoms with Crippen molar-refractivity contribution in [1.29, 1.82) is 0 Å². The lowest BCUT2D eigenvalue weighted by Gasteiger charge is -2.49. The van der Waals surface area contributed by atoms with Gasteiger partial charge in [-0.15, -0.1) is 23.1 Å². The molecular formula is C22H26N9O7S3+. The minimum absolute atomic E-state index is 0.0205. The van der Waals surface area contributed by atoms with Crippen LogP contribution in [-0.4, -0.2) is 83.6 Å². The van der Waals surface area contributed by atoms with Crippen LogP contribution < -0.4 is 27.1 Å². The van der Waals surface area contributed by atoms with Gasteiger partial charge < -0.3 is 37.6 Å². The Morgan fingerprint density at radius 1 is 1.32 bits per heavy atom. The molecule has 2 aromatic rings. The highest BCUT2D eigenvalue weighted by Crippen LogP contribution is 2.41. The number of thioether (sulfide) groups is 2. The molecule has 19 heteroatoms. The minimum Gasteiger partial charge on any atom is -0.478 e. The van der Waals surface area contributed by atoms with Gasteiger partial charge in [0, 0.05) is 16.9 Å². The monoisotopic (exact) mass is 624 g/mol. The number of carbonyl (C=O) groups excluding carboxylic acids is 2. The van der Waals surface area contributed by atoms with Gasteiger partial charge in [-0.05, 0) is 31.2 Å². The van der Waals surface area contributed by atoms with Gasteiger partial charge in [-0.3, -0.25) is 14.5 Å². The first-order chi connectivity index (χ1) is 19.3. The fraction of sp³-hybridized carbons (Fsp3) is 0.364. The first-order valence-corrected chi connectivity index (χ1v) is 14.7. The largest absolute Gasteiger partial charge is 0.478 e. The smallest absolute Gasteiger partial charge is 0.352 e. The van der Waals surface area contributed by atoms with E-state index in [0.29, 0.717) is 22.1 Å². The number of thiazole rings is 1. The molecule has 0 bridgehead atoms. The highest BCUT2D eigenvalue weighted by molar-refractivity contribution is 8.01. The van der Waals surface area contributed by atoms with Crippen molar-refractivity contribution in [1.82, 2.24) is 20.2 Å². The third kappa shape index (κ3) is 5.86. The van der Waals surface area contributed by atoms with E-state index in [-0.39, 0.29) is 39.6 Å². The minimum atomic E-state index is -1.37. The lowest BCUT2D eigenvalue weighted by Crippen LogP contribution is -2.71. The molecule has 16 nitrogen and oxygen atoms in total. The number of nitrogens with zero attached hydrogens (tertiary/aromatic N) is 5. The number of carboxylic acid groups (broad SMARTS) is 2. The normalized spacial score (nSPS) is 19.3. The molecule has 218 valence electrons. The average molecular weight is 625 g/mol. The number of oxime groups is 1. The number of β-lactam (4-membered cyclic amide) rings is 1. The van der Waals surface area contributed by atoms with Crippen molar-refractivity contribution in [2.75, 3.05) is 28.7 Å². The molecule has 1 unspecified atom stereocenters. The quantitative estimate of drug-likeness (QED) is 0.0470. The predicted molar refractivity (Wildman–Crippen MR) is 151 cm³/mol. The van der Waals surface area contributed by atoms with Crippen LogP contribution in [0.1, 0.15) is 18.2 Å². The van der Waals surface area contributed by atoms with Crippen LogP contribution in [0.25, 0.3) is 0 Å². The first kappa shape index (κ1) is 29.9. The number of aromatic nitrogens is 3. The molecule has 2 aliphatic rings. The number of hydrogen-bond acceptors (Lipinski definition) is 14. The van der Waals surface area contributed by atoms with Gasteiger partial charge in [0.1, 0.15) is 22.8 Å². The zero-order chi connectivity index (χ0) is 30.2. The Hall–Kier alpha value is -4.10. The lowest BCUT2D eigenvalue weighted by molar-refractivity contribution is -0.699. The molecule has 1 saturated heterocycles. The van der Waals surface area contributed by atoms with Crippen LogP contribution in [0.15, 0.2) is 27.0 Å². The Morgan fingerprint density at radius 3 is 2.63 bits per heavy atom. The number of nitrogen functional groups attached to an aromatic ring is 3. The summed E-state index contributed by atoms with van der Waals surface area (Å²) in [6.07, 6.45) is -1.37. The molecular weight excluding hydrogens is 598 g/mol. The Morgan fingerprint density at radius 2 is 2.02 bits per heavy atom. The number of fused-ring (bicyclic) bond motifs is 1. The maximum absolute atomic E-state index is 13.1. The third-order valence-electron chi connectivity index (χ3n) is 6.17. The molecule has 0 saturated carbocycles. The lowest BCUT2D eigenvalue weighted by atomic mass is 10.0. The van der Waals surface area contributed by atoms with Crippen molar-refractivity contribution in [3.05, 3.63) is 27.9 Å². The Kier molecular flexibility index (Phi) is 8.59. The van der Waals surface area contributed by atoms with Gasteiger partial charge in [0.2, 0.25) is 17.7 Å². The number of amides is 2. The summed E-state index contributed by atoms with van der Waals surface area (Å²) in [5, 5.41) is 26.5. The van der Waals surface area contributed by atoms with Crippen molar-refractivity contribution >= 4 is 81.1 Å². The topological polar surface area (TPSA) is 253 Å². The van der Waals surface area contributed by atoms with Crippen molar-refractivity contribution in [3.8, 4) is 0 Å². The second-order valence-electron chi connectivity index (χ2n) is 8.85. The summed E-state index contributed by atoms with van der Waals surface area (Å²) < 4.78 is 1.65. The summed E-state index contributed by atoms with van der Waals surface area (Å²) in [6.45, 7) is 2.96. The number of hydrogen-bond donors (Lipinski definition) is 6. The van der Waals surface area contributed by atoms with Crippen LogP contribution in [0.5, 0.6) is 0 Å². The molecule has 2 amide bonds. The molecule has 2 aliphatic heterocycles. The molecule has 0 aliphatic carbocycles. The summed E-state index contributed by atoms with van der Waals surface area (Å²) in [5.41, 5.74) is 18.2. The van der Waals surface area contributed by atoms with E-state index in [4.69, 9.17) is 27.1 Å². The first-order valence-electron chi connectivity index (χ1n) is 11.7. The third-order valence-corrected chi connectivity index (χ3v) is 9.30. The van der Waals surface area contributed by atoms with E-state index in [2.05, 4.69) is 20.4 Å². The number of rotatable bonds is 10. The van der Waals surface area contributed by atoms with E-state index in [1.54, 1.807) is 18.5 Å². The van der Waals surface area contributed by atoms with Crippen LogP contribution >= 0.6 is 34.9 Å². The standard InChI is InChI=1S/C22H25N9O7S3/c1-7-14(23)28-22(30(3)15(7)24)41-5-9-4-39-18-12(17(33)31(18)13(9)20(36)37)27-16(32)11(10-6-40-21(25)26-10)29-38-8(2)19(34)35/h6,8,12,18H,4-5H2,1-3H3,(H8,23,24,25,26,27,32,34,35,36,37)/p+1/b29-11-/t8-,12?,18+/m0/s1. The SMILES string of the molecule is Cc1c(N)nc(SCC2=C(C(=O)O)N3C(=O)C(NC(=O)/C(=N\O[C@@H](C)C(=O)O)c4csc(N)n4)[C@H]3SC2)[n+](C)c1N. The van der Waals surface area contributed by atoms with Crippen LogP contribution in [0.4, 0.5) is 16.8 Å². The van der Waals surface area contributed by atoms with Gasteiger partial charge in [-0.25, -0.2) is 19.1 Å². The number of carbonyl (C=O) groups is 4. The van der Waals surface area contributed by atoms with Gasteiger partial charge in [0.15, 0.2) is 10.8 Å². The molecule has 9 N–H and O–H groups in total. The van der Waals surface area contributed by atoms with Crippen LogP contribution in [-0.2, 0) is 31.1 Å². The summed E-state index contributed by atoms with van der Waals surface area (Å²) in [4.78, 5) is 63.9. The van der Waals surface area contributed by atoms with E-state index >= 15 is 0 Å². The van der Waals surface area contributed by atoms with Gasteiger partial charge in [0.05, 0.1) is 12.6 Å². The van der Waals surface area contributed by atoms with Gasteiger partial charge >= 0.3 is 17.1 Å². The zero-order valence-corrected chi connectivity index (χ0v) is 24.3. The Labute approximate surface area is 245 Å². The molecule has 0 radical (unpaired) electrons. The maximum atomic E-state index is 13.1. The van der Waals surface area contributed by atoms with Crippen LogP contribution in [0, 0.1) is 6.92 Å². The second kappa shape index (κ2) is 11.8. The van der Waals surface area contributed by atoms with E-state index in [9.17, 15) is 24.3 Å². The summed E-state index contributed by atoms with van der Waals surface area (Å²) in [7, 11) is 1.71. The van der Waals surface area contributed by atoms with E-state index in [1.165, 1.54) is 35.8 Å². The number of nitrogens with two attached hydrogens (primary N) is 3. The van der Waals surface area contributed by atoms with E-state index < -0.39 is 41.3 Å². The molecule has 3 atom stereocenters. The number of carboxylic acids is 2. The molecule has 2 aromatic heterocycles. The Balaban J connectivity index is 1.52. The van der Waals surface area contributed by atoms with Crippen molar-refractivity contribution in [2.24, 2.45) is 12.2 Å². The van der Waals surface area contributed by atoms with Gasteiger partial charge in [-0.1, -0.05) is 10.1 Å². The number of aliphatic carboxylic acids is 2. The van der Waals surface area contributed by atoms with Crippen molar-refractivity contribution in [2.45, 2.75) is 36.5 Å². The summed E-state index contributed by atoms with van der Waals surface area (Å²) in [6, 6.07) is -1.08. The van der Waals surface area contributed by atoms with Gasteiger partial charge in [-0.2, -0.15) is 0 Å². The van der Waals surface area contributed by atoms with Crippen LogP contribution in [0.2, 0.25) is 0 Å². The summed E-state index contributed by atoms with van der Waals surface area (Å²) in [5.74, 6) is -2.97. The fourth-order valence-corrected chi connectivity index (χ4v) is 6.83. The maximum Gasteiger partial charge on any atom is 0.352 e. The molecule has 0 aromatic carbocycles. The Bertz CT molecular complexity index is 1510. The highest BCUT2D eigenvalue weighted by Gasteiger charge is 2.54. The average Bonchev–Trinajstić information content (AvgIpc) is 3.36. The summed E-state index contributed by atoms with van der Waals surface area (Å²) >= 11 is 3.52.